The van der Waals surface area contributed by atoms with Crippen molar-refractivity contribution in [1.82, 2.24) is 19.7 Å². The summed E-state index contributed by atoms with van der Waals surface area (Å²) in [7, 11) is 0. The van der Waals surface area contributed by atoms with Crippen molar-refractivity contribution in [2.45, 2.75) is 51.3 Å². The molecule has 10 heteroatoms. The van der Waals surface area contributed by atoms with Crippen molar-refractivity contribution in [2.24, 2.45) is 5.92 Å². The van der Waals surface area contributed by atoms with Gasteiger partial charge in [-0.2, -0.15) is 18.3 Å². The van der Waals surface area contributed by atoms with Gasteiger partial charge in [0.25, 0.3) is 6.43 Å². The molecular weight excluding hydrogens is 429 g/mol. The summed E-state index contributed by atoms with van der Waals surface area (Å²) in [4.78, 5) is 10.8. The van der Waals surface area contributed by atoms with Crippen LogP contribution in [0.3, 0.4) is 0 Å². The topological polar surface area (TPSA) is 46.8 Å². The van der Waals surface area contributed by atoms with Crippen molar-refractivity contribution in [3.05, 3.63) is 47.8 Å². The molecule has 0 amide bonds. The Bertz CT molecular complexity index is 1060. The number of fused-ring (bicyclic) bond motifs is 1. The summed E-state index contributed by atoms with van der Waals surface area (Å²) >= 11 is 0. The van der Waals surface area contributed by atoms with Gasteiger partial charge in [0, 0.05) is 13.1 Å². The summed E-state index contributed by atoms with van der Waals surface area (Å²) in [5.41, 5.74) is 0.482. The van der Waals surface area contributed by atoms with E-state index in [1.807, 2.05) is 11.8 Å². The van der Waals surface area contributed by atoms with E-state index in [4.69, 9.17) is 0 Å². The van der Waals surface area contributed by atoms with E-state index in [1.54, 1.807) is 18.3 Å². The van der Waals surface area contributed by atoms with Crippen LogP contribution in [0.4, 0.5) is 27.8 Å². The first-order chi connectivity index (χ1) is 15.2. The van der Waals surface area contributed by atoms with Crippen LogP contribution in [0.15, 0.2) is 36.7 Å². The molecule has 3 aromatic rings. The van der Waals surface area contributed by atoms with Crippen LogP contribution in [0.2, 0.25) is 0 Å². The van der Waals surface area contributed by atoms with Gasteiger partial charge < -0.3 is 4.90 Å². The zero-order valence-corrected chi connectivity index (χ0v) is 17.6. The van der Waals surface area contributed by atoms with E-state index >= 15 is 0 Å². The maximum atomic E-state index is 13.4. The molecule has 0 bridgehead atoms. The maximum absolute atomic E-state index is 13.4. The molecule has 0 saturated carbocycles. The number of hydrogen-bond acceptors (Lipinski definition) is 4. The SMILES string of the molecule is CC(CC1CCCN(c2cnc3cnn(CC(F)F)c3n2)C1)c1ccccc1C(F)(F)F. The minimum atomic E-state index is -4.38. The highest BCUT2D eigenvalue weighted by molar-refractivity contribution is 5.71. The third kappa shape index (κ3) is 4.83. The molecule has 2 atom stereocenters. The molecule has 172 valence electrons. The van der Waals surface area contributed by atoms with Crippen LogP contribution in [0.5, 0.6) is 0 Å². The maximum Gasteiger partial charge on any atom is 0.416 e. The number of piperidine rings is 1. The number of anilines is 1. The second-order valence-electron chi connectivity index (χ2n) is 8.33. The quantitative estimate of drug-likeness (QED) is 0.461. The minimum absolute atomic E-state index is 0.184. The van der Waals surface area contributed by atoms with Crippen LogP contribution >= 0.6 is 0 Å². The van der Waals surface area contributed by atoms with Crippen LogP contribution in [0.1, 0.15) is 43.2 Å². The Morgan fingerprint density at radius 2 is 1.94 bits per heavy atom. The van der Waals surface area contributed by atoms with Crippen molar-refractivity contribution < 1.29 is 22.0 Å². The average Bonchev–Trinajstić information content (AvgIpc) is 3.14. The van der Waals surface area contributed by atoms with Crippen LogP contribution in [-0.2, 0) is 12.7 Å². The van der Waals surface area contributed by atoms with E-state index in [2.05, 4.69) is 15.1 Å². The molecule has 5 nitrogen and oxygen atoms in total. The summed E-state index contributed by atoms with van der Waals surface area (Å²) in [6, 6.07) is 5.74. The zero-order valence-electron chi connectivity index (χ0n) is 17.6. The van der Waals surface area contributed by atoms with Crippen LogP contribution in [-0.4, -0.2) is 39.3 Å². The van der Waals surface area contributed by atoms with E-state index in [0.717, 1.165) is 30.1 Å². The second kappa shape index (κ2) is 8.99. The van der Waals surface area contributed by atoms with Crippen molar-refractivity contribution in [3.63, 3.8) is 0 Å². The Morgan fingerprint density at radius 1 is 1.16 bits per heavy atom. The summed E-state index contributed by atoms with van der Waals surface area (Å²) < 4.78 is 67.0. The third-order valence-electron chi connectivity index (χ3n) is 5.97. The fraction of sp³-hybridized carbons (Fsp3) is 0.500. The van der Waals surface area contributed by atoms with E-state index in [1.165, 1.54) is 12.3 Å². The monoisotopic (exact) mass is 453 g/mol. The first kappa shape index (κ1) is 22.4. The van der Waals surface area contributed by atoms with Crippen LogP contribution in [0, 0.1) is 5.92 Å². The first-order valence-corrected chi connectivity index (χ1v) is 10.6. The second-order valence-corrected chi connectivity index (χ2v) is 8.33. The number of nitrogens with zero attached hydrogens (tertiary/aromatic N) is 5. The summed E-state index contributed by atoms with van der Waals surface area (Å²) in [5.74, 6) is 0.504. The Hall–Kier alpha value is -2.78. The molecule has 1 fully saturated rings. The third-order valence-corrected chi connectivity index (χ3v) is 5.97. The largest absolute Gasteiger partial charge is 0.416 e. The highest BCUT2D eigenvalue weighted by Gasteiger charge is 2.35. The summed E-state index contributed by atoms with van der Waals surface area (Å²) in [6.07, 6.45) is -1.53. The fourth-order valence-corrected chi connectivity index (χ4v) is 4.53. The predicted octanol–water partition coefficient (Wildman–Crippen LogP) is 5.52. The Morgan fingerprint density at radius 3 is 2.69 bits per heavy atom. The lowest BCUT2D eigenvalue weighted by atomic mass is 9.84. The van der Waals surface area contributed by atoms with Gasteiger partial charge in [-0.05, 0) is 42.7 Å². The smallest absolute Gasteiger partial charge is 0.355 e. The zero-order chi connectivity index (χ0) is 22.9. The van der Waals surface area contributed by atoms with Gasteiger partial charge in [-0.3, -0.25) is 0 Å². The first-order valence-electron chi connectivity index (χ1n) is 10.6. The van der Waals surface area contributed by atoms with Gasteiger partial charge >= 0.3 is 6.18 Å². The predicted molar refractivity (Wildman–Crippen MR) is 111 cm³/mol. The van der Waals surface area contributed by atoms with Crippen molar-refractivity contribution >= 4 is 17.0 Å². The normalized spacial score (nSPS) is 18.5. The van der Waals surface area contributed by atoms with E-state index in [0.29, 0.717) is 35.5 Å². The molecule has 0 aliphatic carbocycles. The van der Waals surface area contributed by atoms with Crippen molar-refractivity contribution in [1.29, 1.82) is 0 Å². The number of halogens is 5. The van der Waals surface area contributed by atoms with Gasteiger partial charge in [-0.15, -0.1) is 0 Å². The van der Waals surface area contributed by atoms with Crippen LogP contribution < -0.4 is 4.90 Å². The molecular formula is C22H24F5N5. The Labute approximate surface area is 182 Å². The number of hydrogen-bond donors (Lipinski definition) is 0. The van der Waals surface area contributed by atoms with Gasteiger partial charge in [-0.25, -0.2) is 23.4 Å². The van der Waals surface area contributed by atoms with Gasteiger partial charge in [0.15, 0.2) is 5.65 Å². The molecule has 0 spiro atoms. The Kier molecular flexibility index (Phi) is 6.30. The molecule has 3 heterocycles. The molecule has 1 aliphatic heterocycles. The number of rotatable bonds is 6. The lowest BCUT2D eigenvalue weighted by molar-refractivity contribution is -0.138. The molecule has 1 aliphatic rings. The highest BCUT2D eigenvalue weighted by Crippen LogP contribution is 2.38. The van der Waals surface area contributed by atoms with Gasteiger partial charge in [0.2, 0.25) is 0 Å². The molecule has 2 aromatic heterocycles. The van der Waals surface area contributed by atoms with Gasteiger partial charge in [-0.1, -0.05) is 25.1 Å². The number of alkyl halides is 5. The Balaban J connectivity index is 1.50. The van der Waals surface area contributed by atoms with Gasteiger partial charge in [0.05, 0.1) is 18.0 Å². The fourth-order valence-electron chi connectivity index (χ4n) is 4.53. The van der Waals surface area contributed by atoms with E-state index in [-0.39, 0.29) is 11.8 Å². The molecule has 0 N–H and O–H groups in total. The summed E-state index contributed by atoms with van der Waals surface area (Å²) in [5, 5.41) is 3.94. The summed E-state index contributed by atoms with van der Waals surface area (Å²) in [6.45, 7) is 2.63. The van der Waals surface area contributed by atoms with E-state index < -0.39 is 24.7 Å². The highest BCUT2D eigenvalue weighted by atomic mass is 19.4. The lowest BCUT2D eigenvalue weighted by Gasteiger charge is -2.35. The average molecular weight is 453 g/mol. The standard InChI is InChI=1S/C22H24F5N5/c1-14(16-6-2-3-7-17(16)22(25,26)27)9-15-5-4-8-31(12-15)20-11-28-18-10-29-32(13-19(23)24)21(18)30-20/h2-3,6-7,10-11,14-15,19H,4-5,8-9,12-13H2,1H3. The molecule has 2 unspecified atom stereocenters. The number of aromatic nitrogens is 4. The van der Waals surface area contributed by atoms with Crippen molar-refractivity contribution in [3.8, 4) is 0 Å². The van der Waals surface area contributed by atoms with Gasteiger partial charge in [0.1, 0.15) is 17.9 Å². The van der Waals surface area contributed by atoms with Crippen LogP contribution in [0.25, 0.3) is 11.2 Å². The molecule has 1 saturated heterocycles. The van der Waals surface area contributed by atoms with E-state index in [9.17, 15) is 22.0 Å². The molecule has 4 rings (SSSR count). The molecule has 1 aromatic carbocycles. The molecule has 32 heavy (non-hydrogen) atoms. The number of benzene rings is 1. The molecule has 0 radical (unpaired) electrons. The lowest BCUT2D eigenvalue weighted by Crippen LogP contribution is -2.36. The van der Waals surface area contributed by atoms with Crippen molar-refractivity contribution in [2.75, 3.05) is 18.0 Å². The minimum Gasteiger partial charge on any atom is -0.355 e.